The number of nitrogens with zero attached hydrogens (tertiary/aromatic N) is 2. The molecule has 0 unspecified atom stereocenters. The summed E-state index contributed by atoms with van der Waals surface area (Å²) in [5.41, 5.74) is 3.18. The summed E-state index contributed by atoms with van der Waals surface area (Å²) in [6.45, 7) is 2.91. The van der Waals surface area contributed by atoms with Crippen LogP contribution in [0.25, 0.3) is 6.08 Å². The van der Waals surface area contributed by atoms with Crippen LogP contribution in [0, 0.1) is 0 Å². The smallest absolute Gasteiger partial charge is 0.294 e. The van der Waals surface area contributed by atoms with Crippen molar-refractivity contribution < 1.29 is 23.9 Å². The molecular weight excluding hydrogens is 618 g/mol. The molecule has 3 aromatic rings. The van der Waals surface area contributed by atoms with Crippen molar-refractivity contribution in [1.82, 2.24) is 4.90 Å². The van der Waals surface area contributed by atoms with E-state index in [0.29, 0.717) is 41.8 Å². The quantitative estimate of drug-likeness (QED) is 0.293. The van der Waals surface area contributed by atoms with Crippen LogP contribution in [0.1, 0.15) is 11.1 Å². The van der Waals surface area contributed by atoms with E-state index in [9.17, 15) is 14.4 Å². The zero-order chi connectivity index (χ0) is 28.1. The predicted octanol–water partition coefficient (Wildman–Crippen LogP) is 6.19. The Morgan fingerprint density at radius 3 is 2.50 bits per heavy atom. The molecule has 0 saturated carbocycles. The summed E-state index contributed by atoms with van der Waals surface area (Å²) < 4.78 is 12.2. The summed E-state index contributed by atoms with van der Waals surface area (Å²) in [4.78, 5) is 41.8. The second-order valence-electron chi connectivity index (χ2n) is 9.06. The lowest BCUT2D eigenvalue weighted by Gasteiger charge is -2.28. The molecule has 2 heterocycles. The molecule has 0 radical (unpaired) electrons. The number of carbonyl (C=O) groups excluding carboxylic acids is 3. The molecule has 0 spiro atoms. The van der Waals surface area contributed by atoms with Crippen LogP contribution in [0.2, 0.25) is 5.02 Å². The first-order valence-corrected chi connectivity index (χ1v) is 14.5. The van der Waals surface area contributed by atoms with Gasteiger partial charge in [-0.2, -0.15) is 0 Å². The fraction of sp³-hybridized carbons (Fsp3) is 0.207. The zero-order valence-electron chi connectivity index (χ0n) is 21.3. The van der Waals surface area contributed by atoms with Gasteiger partial charge < -0.3 is 19.7 Å². The predicted molar refractivity (Wildman–Crippen MR) is 161 cm³/mol. The summed E-state index contributed by atoms with van der Waals surface area (Å²) in [5.74, 6) is -0.447. The van der Waals surface area contributed by atoms with Gasteiger partial charge in [0.2, 0.25) is 5.91 Å². The van der Waals surface area contributed by atoms with Crippen LogP contribution in [0.3, 0.4) is 0 Å². The molecule has 0 atom stereocenters. The normalized spacial score (nSPS) is 16.5. The van der Waals surface area contributed by atoms with E-state index in [1.807, 2.05) is 30.3 Å². The Morgan fingerprint density at radius 2 is 1.77 bits per heavy atom. The van der Waals surface area contributed by atoms with Gasteiger partial charge >= 0.3 is 0 Å². The van der Waals surface area contributed by atoms with Gasteiger partial charge in [-0.15, -0.1) is 0 Å². The third kappa shape index (κ3) is 7.06. The topological polar surface area (TPSA) is 88.2 Å². The first-order valence-electron chi connectivity index (χ1n) is 12.5. The number of benzene rings is 3. The monoisotopic (exact) mass is 641 g/mol. The molecule has 11 heteroatoms. The summed E-state index contributed by atoms with van der Waals surface area (Å²) in [6.07, 6.45) is 1.61. The van der Waals surface area contributed by atoms with Crippen LogP contribution < -0.4 is 15.0 Å². The van der Waals surface area contributed by atoms with Crippen molar-refractivity contribution in [3.05, 3.63) is 92.3 Å². The van der Waals surface area contributed by atoms with E-state index < -0.39 is 17.1 Å². The molecule has 2 saturated heterocycles. The zero-order valence-corrected chi connectivity index (χ0v) is 24.4. The summed E-state index contributed by atoms with van der Waals surface area (Å²) in [5, 5.41) is 2.90. The fourth-order valence-corrected chi connectivity index (χ4v) is 5.54. The van der Waals surface area contributed by atoms with Crippen LogP contribution in [0.4, 0.5) is 16.2 Å². The minimum atomic E-state index is -0.531. The lowest BCUT2D eigenvalue weighted by atomic mass is 10.1. The molecule has 0 aromatic heterocycles. The molecule has 1 N–H and O–H groups in total. The SMILES string of the molecule is O=C(CN1C(=O)S/C(=C/c2cc(Br)ccc2OCc2ccc(Cl)cc2)C1=O)Nc1ccc(N2CCOCC2)cc1. The number of ether oxygens (including phenoxy) is 2. The molecular formula is C29H25BrClN3O5S. The van der Waals surface area contributed by atoms with Crippen molar-refractivity contribution in [3.8, 4) is 5.75 Å². The lowest BCUT2D eigenvalue weighted by Crippen LogP contribution is -2.36. The molecule has 5 rings (SSSR count). The van der Waals surface area contributed by atoms with Crippen LogP contribution in [-0.2, 0) is 20.9 Å². The molecule has 2 aliphatic heterocycles. The van der Waals surface area contributed by atoms with Crippen molar-refractivity contribution in [3.63, 3.8) is 0 Å². The Kier molecular flexibility index (Phi) is 9.11. The van der Waals surface area contributed by atoms with E-state index >= 15 is 0 Å². The van der Waals surface area contributed by atoms with Crippen molar-refractivity contribution in [2.75, 3.05) is 43.1 Å². The Morgan fingerprint density at radius 1 is 1.05 bits per heavy atom. The number of carbonyl (C=O) groups is 3. The molecule has 3 aromatic carbocycles. The number of hydrogen-bond donors (Lipinski definition) is 1. The second-order valence-corrected chi connectivity index (χ2v) is 11.4. The first-order chi connectivity index (χ1) is 19.4. The summed E-state index contributed by atoms with van der Waals surface area (Å²) in [7, 11) is 0. The van der Waals surface area contributed by atoms with E-state index in [1.54, 1.807) is 42.5 Å². The van der Waals surface area contributed by atoms with E-state index in [4.69, 9.17) is 21.1 Å². The molecule has 0 bridgehead atoms. The highest BCUT2D eigenvalue weighted by atomic mass is 79.9. The van der Waals surface area contributed by atoms with E-state index in [1.165, 1.54) is 0 Å². The maximum atomic E-state index is 13.1. The highest BCUT2D eigenvalue weighted by Gasteiger charge is 2.36. The third-order valence-electron chi connectivity index (χ3n) is 6.27. The molecule has 40 heavy (non-hydrogen) atoms. The summed E-state index contributed by atoms with van der Waals surface area (Å²) in [6, 6.07) is 20.2. The number of rotatable bonds is 8. The standard InChI is InChI=1S/C29H25BrClN3O5S/c30-21-3-10-25(39-18-19-1-4-22(31)5-2-19)20(15-21)16-26-28(36)34(29(37)40-26)17-27(35)32-23-6-8-24(9-7-23)33-11-13-38-14-12-33/h1-10,15-16H,11-14,17-18H2,(H,32,35)/b26-16+. The van der Waals surface area contributed by atoms with E-state index in [-0.39, 0.29) is 11.4 Å². The van der Waals surface area contributed by atoms with Gasteiger partial charge in [-0.1, -0.05) is 39.7 Å². The molecule has 2 fully saturated rings. The highest BCUT2D eigenvalue weighted by Crippen LogP contribution is 2.35. The van der Waals surface area contributed by atoms with Crippen LogP contribution >= 0.6 is 39.3 Å². The number of hydrogen-bond acceptors (Lipinski definition) is 7. The van der Waals surface area contributed by atoms with E-state index in [0.717, 1.165) is 45.5 Å². The molecule has 8 nitrogen and oxygen atoms in total. The van der Waals surface area contributed by atoms with Gasteiger partial charge in [0, 0.05) is 39.5 Å². The lowest BCUT2D eigenvalue weighted by molar-refractivity contribution is -0.127. The van der Waals surface area contributed by atoms with E-state index in [2.05, 4.69) is 26.1 Å². The molecule has 2 aliphatic rings. The minimum Gasteiger partial charge on any atom is -0.488 e. The van der Waals surface area contributed by atoms with Gasteiger partial charge in [0.25, 0.3) is 11.1 Å². The van der Waals surface area contributed by atoms with Crippen molar-refractivity contribution in [2.45, 2.75) is 6.61 Å². The van der Waals surface area contributed by atoms with Crippen molar-refractivity contribution in [2.24, 2.45) is 0 Å². The summed E-state index contributed by atoms with van der Waals surface area (Å²) >= 11 is 10.2. The molecule has 0 aliphatic carbocycles. The maximum absolute atomic E-state index is 13.1. The average Bonchev–Trinajstić information content (AvgIpc) is 3.21. The van der Waals surface area contributed by atoms with Gasteiger partial charge in [-0.3, -0.25) is 19.3 Å². The Balaban J connectivity index is 1.23. The van der Waals surface area contributed by atoms with Gasteiger partial charge in [0.05, 0.1) is 18.1 Å². The second kappa shape index (κ2) is 12.9. The third-order valence-corrected chi connectivity index (χ3v) is 7.92. The number of anilines is 2. The van der Waals surface area contributed by atoms with Gasteiger partial charge in [0.15, 0.2) is 0 Å². The fourth-order valence-electron chi connectivity index (χ4n) is 4.20. The number of nitrogens with one attached hydrogen (secondary N) is 1. The van der Waals surface area contributed by atoms with Gasteiger partial charge in [0.1, 0.15) is 18.9 Å². The molecule has 206 valence electrons. The largest absolute Gasteiger partial charge is 0.488 e. The maximum Gasteiger partial charge on any atom is 0.294 e. The minimum absolute atomic E-state index is 0.210. The number of thioether (sulfide) groups is 1. The molecule has 3 amide bonds. The van der Waals surface area contributed by atoms with Crippen molar-refractivity contribution in [1.29, 1.82) is 0 Å². The van der Waals surface area contributed by atoms with Gasteiger partial charge in [-0.25, -0.2) is 0 Å². The number of morpholine rings is 1. The van der Waals surface area contributed by atoms with Crippen LogP contribution in [-0.4, -0.2) is 54.8 Å². The van der Waals surface area contributed by atoms with Crippen LogP contribution in [0.5, 0.6) is 5.75 Å². The van der Waals surface area contributed by atoms with Crippen molar-refractivity contribution >= 4 is 73.8 Å². The highest BCUT2D eigenvalue weighted by molar-refractivity contribution is 9.10. The van der Waals surface area contributed by atoms with Crippen LogP contribution in [0.15, 0.2) is 76.1 Å². The Bertz CT molecular complexity index is 1440. The average molecular weight is 643 g/mol. The Hall–Kier alpha value is -3.31. The number of amides is 3. The number of halogens is 2. The Labute approximate surface area is 249 Å². The first kappa shape index (κ1) is 28.2. The van der Waals surface area contributed by atoms with Gasteiger partial charge in [-0.05, 0) is 78.0 Å². The number of imide groups is 1.